The fraction of sp³-hybridized carbons (Fsp3) is 0.500. The number of carbonyl (C=O) groups excluding carboxylic acids is 2. The van der Waals surface area contributed by atoms with Gasteiger partial charge in [0.25, 0.3) is 5.91 Å². The van der Waals surface area contributed by atoms with Crippen LogP contribution in [0.25, 0.3) is 0 Å². The topological polar surface area (TPSA) is 117 Å². The third-order valence-electron chi connectivity index (χ3n) is 6.61. The number of β-amino-alcohol motifs (C(OH)–C–C–N with tert-alkyl or cyclic N) is 1. The molecule has 2 N–H and O–H groups in total. The highest BCUT2D eigenvalue weighted by atomic mass is 79.9. The van der Waals surface area contributed by atoms with E-state index in [4.69, 9.17) is 9.47 Å². The average Bonchev–Trinajstić information content (AvgIpc) is 3.36. The van der Waals surface area contributed by atoms with E-state index in [9.17, 15) is 24.6 Å². The number of alkyl halides is 1. The zero-order chi connectivity index (χ0) is 23.2. The number of aliphatic carboxylic acids is 1. The summed E-state index contributed by atoms with van der Waals surface area (Å²) >= 11 is 3.50. The third-order valence-corrected chi connectivity index (χ3v) is 7.46. The Hall–Kier alpha value is -2.43. The number of carboxylic acids is 1. The molecule has 0 radical (unpaired) electrons. The number of methoxy groups -OCH3 is 1. The van der Waals surface area contributed by atoms with E-state index in [0.29, 0.717) is 17.9 Å². The number of carboxylic acid groups (broad SMARTS) is 1. The number of aliphatic hydroxyl groups excluding tert-OH is 1. The molecule has 1 aromatic rings. The normalized spacial score (nSPS) is 32.7. The molecular weight excluding hydrogens is 484 g/mol. The first-order valence-corrected chi connectivity index (χ1v) is 11.2. The SMILES string of the molecule is C=CCN(C(=O)C1N(CCO)C(=O)[C@@H]2[C@H](C(=O)O)[C@H]3OC12CC3Br)c1ccc(OC)cc1. The van der Waals surface area contributed by atoms with Gasteiger partial charge in [0.2, 0.25) is 5.91 Å². The second-order valence-corrected chi connectivity index (χ2v) is 9.37. The Balaban J connectivity index is 1.78. The van der Waals surface area contributed by atoms with E-state index in [0.717, 1.165) is 0 Å². The molecule has 3 aliphatic heterocycles. The summed E-state index contributed by atoms with van der Waals surface area (Å²) < 4.78 is 11.4. The maximum atomic E-state index is 14.0. The van der Waals surface area contributed by atoms with Crippen LogP contribution in [-0.2, 0) is 19.1 Å². The highest BCUT2D eigenvalue weighted by Gasteiger charge is 2.76. The molecule has 0 aliphatic carbocycles. The standard InChI is InChI=1S/C22H25BrN2O7/c1-3-8-24(12-4-6-13(31-2)7-5-12)20(28)18-22-11-14(23)17(32-22)15(21(29)30)16(22)19(27)25(18)9-10-26/h3-7,14-18,26H,1,8-11H2,2H3,(H,29,30)/t14?,15-,16-,17-,18?,22?/m0/s1. The summed E-state index contributed by atoms with van der Waals surface area (Å²) in [5.74, 6) is -3.44. The van der Waals surface area contributed by atoms with Crippen LogP contribution in [0.5, 0.6) is 5.75 Å². The summed E-state index contributed by atoms with van der Waals surface area (Å²) in [6.45, 7) is 3.46. The van der Waals surface area contributed by atoms with Gasteiger partial charge in [-0.1, -0.05) is 22.0 Å². The molecule has 3 saturated heterocycles. The Morgan fingerprint density at radius 1 is 1.41 bits per heavy atom. The van der Waals surface area contributed by atoms with Crippen LogP contribution in [0.15, 0.2) is 36.9 Å². The van der Waals surface area contributed by atoms with E-state index < -0.39 is 47.4 Å². The summed E-state index contributed by atoms with van der Waals surface area (Å²) in [6.07, 6.45) is 1.19. The molecule has 10 heteroatoms. The quantitative estimate of drug-likeness (QED) is 0.398. The number of amides is 2. The molecule has 172 valence electrons. The number of likely N-dealkylation sites (tertiary alicyclic amines) is 1. The van der Waals surface area contributed by atoms with Crippen molar-refractivity contribution in [1.29, 1.82) is 0 Å². The van der Waals surface area contributed by atoms with Gasteiger partial charge in [-0.15, -0.1) is 6.58 Å². The van der Waals surface area contributed by atoms with Crippen molar-refractivity contribution in [3.8, 4) is 5.75 Å². The molecule has 1 aromatic carbocycles. The second-order valence-electron chi connectivity index (χ2n) is 8.19. The number of ether oxygens (including phenoxy) is 2. The summed E-state index contributed by atoms with van der Waals surface area (Å²) in [4.78, 5) is 41.8. The molecule has 6 atom stereocenters. The lowest BCUT2D eigenvalue weighted by Crippen LogP contribution is -2.57. The lowest BCUT2D eigenvalue weighted by molar-refractivity contribution is -0.149. The number of halogens is 1. The van der Waals surface area contributed by atoms with Crippen molar-refractivity contribution >= 4 is 39.4 Å². The number of nitrogens with zero attached hydrogens (tertiary/aromatic N) is 2. The van der Waals surface area contributed by atoms with E-state index >= 15 is 0 Å². The monoisotopic (exact) mass is 508 g/mol. The molecule has 3 heterocycles. The molecule has 0 aromatic heterocycles. The van der Waals surface area contributed by atoms with E-state index in [1.54, 1.807) is 37.5 Å². The second kappa shape index (κ2) is 8.49. The van der Waals surface area contributed by atoms with Crippen molar-refractivity contribution in [3.63, 3.8) is 0 Å². The van der Waals surface area contributed by atoms with Gasteiger partial charge in [0, 0.05) is 23.6 Å². The first-order valence-electron chi connectivity index (χ1n) is 10.3. The summed E-state index contributed by atoms with van der Waals surface area (Å²) in [5.41, 5.74) is -0.707. The van der Waals surface area contributed by atoms with Crippen LogP contribution >= 0.6 is 15.9 Å². The molecule has 4 rings (SSSR count). The molecule has 9 nitrogen and oxygen atoms in total. The van der Waals surface area contributed by atoms with Crippen LogP contribution in [0.3, 0.4) is 0 Å². The zero-order valence-electron chi connectivity index (χ0n) is 17.5. The van der Waals surface area contributed by atoms with Crippen molar-refractivity contribution in [1.82, 2.24) is 4.90 Å². The minimum atomic E-state index is -1.28. The van der Waals surface area contributed by atoms with Gasteiger partial charge in [-0.2, -0.15) is 0 Å². The van der Waals surface area contributed by atoms with Gasteiger partial charge in [-0.25, -0.2) is 0 Å². The lowest BCUT2D eigenvalue weighted by Gasteiger charge is -2.36. The zero-order valence-corrected chi connectivity index (χ0v) is 19.1. The first-order chi connectivity index (χ1) is 15.3. The number of benzene rings is 1. The van der Waals surface area contributed by atoms with Gasteiger partial charge < -0.3 is 29.5 Å². The Labute approximate surface area is 193 Å². The van der Waals surface area contributed by atoms with Crippen LogP contribution in [0.1, 0.15) is 6.42 Å². The van der Waals surface area contributed by atoms with Gasteiger partial charge in [-0.3, -0.25) is 14.4 Å². The Kier molecular flexibility index (Phi) is 6.04. The fourth-order valence-electron chi connectivity index (χ4n) is 5.40. The number of rotatable bonds is 8. The van der Waals surface area contributed by atoms with E-state index in [2.05, 4.69) is 22.5 Å². The number of anilines is 1. The Bertz CT molecular complexity index is 939. The number of hydrogen-bond donors (Lipinski definition) is 2. The van der Waals surface area contributed by atoms with Crippen LogP contribution in [-0.4, -0.2) is 82.3 Å². The van der Waals surface area contributed by atoms with Crippen molar-refractivity contribution in [2.75, 3.05) is 31.7 Å². The molecule has 2 bridgehead atoms. The van der Waals surface area contributed by atoms with E-state index in [1.807, 2.05) is 0 Å². The smallest absolute Gasteiger partial charge is 0.310 e. The van der Waals surface area contributed by atoms with Gasteiger partial charge in [0.15, 0.2) is 0 Å². The molecule has 32 heavy (non-hydrogen) atoms. The van der Waals surface area contributed by atoms with Gasteiger partial charge in [0.05, 0.1) is 31.7 Å². The fourth-order valence-corrected chi connectivity index (χ4v) is 6.34. The minimum Gasteiger partial charge on any atom is -0.497 e. The van der Waals surface area contributed by atoms with Crippen molar-refractivity contribution < 1.29 is 34.1 Å². The molecule has 0 saturated carbocycles. The van der Waals surface area contributed by atoms with Crippen LogP contribution < -0.4 is 9.64 Å². The highest BCUT2D eigenvalue weighted by Crippen LogP contribution is 2.60. The van der Waals surface area contributed by atoms with Crippen LogP contribution in [0.4, 0.5) is 5.69 Å². The van der Waals surface area contributed by atoms with Gasteiger partial charge in [0.1, 0.15) is 17.4 Å². The maximum Gasteiger partial charge on any atom is 0.310 e. The predicted molar refractivity (Wildman–Crippen MR) is 118 cm³/mol. The number of fused-ring (bicyclic) bond motifs is 1. The summed E-state index contributed by atoms with van der Waals surface area (Å²) in [5, 5.41) is 19.4. The maximum absolute atomic E-state index is 14.0. The molecular formula is C22H25BrN2O7. The number of carbonyl (C=O) groups is 3. The molecule has 3 aliphatic rings. The Morgan fingerprint density at radius 2 is 2.09 bits per heavy atom. The minimum absolute atomic E-state index is 0.0919. The van der Waals surface area contributed by atoms with Gasteiger partial charge >= 0.3 is 5.97 Å². The molecule has 2 amide bonds. The summed E-state index contributed by atoms with van der Waals surface area (Å²) in [7, 11) is 1.54. The third kappa shape index (κ3) is 3.23. The average molecular weight is 509 g/mol. The van der Waals surface area contributed by atoms with Crippen molar-refractivity contribution in [3.05, 3.63) is 36.9 Å². The lowest BCUT2D eigenvalue weighted by atomic mass is 9.70. The van der Waals surface area contributed by atoms with E-state index in [1.165, 1.54) is 9.80 Å². The van der Waals surface area contributed by atoms with E-state index in [-0.39, 0.29) is 24.5 Å². The number of hydrogen-bond acceptors (Lipinski definition) is 6. The predicted octanol–water partition coefficient (Wildman–Crippen LogP) is 1.04. The Morgan fingerprint density at radius 3 is 2.66 bits per heavy atom. The van der Waals surface area contributed by atoms with Crippen molar-refractivity contribution in [2.45, 2.75) is 29.0 Å². The van der Waals surface area contributed by atoms with Crippen LogP contribution in [0.2, 0.25) is 0 Å². The highest BCUT2D eigenvalue weighted by molar-refractivity contribution is 9.09. The summed E-state index contributed by atoms with van der Waals surface area (Å²) in [6, 6.07) is 5.82. The molecule has 1 spiro atoms. The molecule has 3 fully saturated rings. The van der Waals surface area contributed by atoms with Crippen molar-refractivity contribution in [2.24, 2.45) is 11.8 Å². The molecule has 3 unspecified atom stereocenters. The van der Waals surface area contributed by atoms with Gasteiger partial charge in [-0.05, 0) is 30.7 Å². The first kappa shape index (κ1) is 22.8. The van der Waals surface area contributed by atoms with Crippen LogP contribution in [0, 0.1) is 11.8 Å². The number of aliphatic hydroxyl groups is 1. The largest absolute Gasteiger partial charge is 0.497 e.